The van der Waals surface area contributed by atoms with E-state index in [-0.39, 0.29) is 22.4 Å². The number of halogens is 4. The number of hydrogen-bond acceptors (Lipinski definition) is 2. The van der Waals surface area contributed by atoms with Crippen LogP contribution in [-0.4, -0.2) is 11.8 Å². The van der Waals surface area contributed by atoms with Crippen molar-refractivity contribution in [2.75, 3.05) is 0 Å². The van der Waals surface area contributed by atoms with Gasteiger partial charge in [-0.2, -0.15) is 13.2 Å². The molecule has 0 aliphatic heterocycles. The van der Waals surface area contributed by atoms with Crippen molar-refractivity contribution >= 4 is 17.3 Å². The van der Waals surface area contributed by atoms with E-state index in [0.717, 1.165) is 6.07 Å². The highest BCUT2D eigenvalue weighted by Gasteiger charge is 2.34. The van der Waals surface area contributed by atoms with Gasteiger partial charge in [0.2, 0.25) is 0 Å². The minimum atomic E-state index is -4.45. The summed E-state index contributed by atoms with van der Waals surface area (Å²) in [5, 5.41) is 4.02. The Morgan fingerprint density at radius 1 is 1.37 bits per heavy atom. The number of alkyl halides is 3. The van der Waals surface area contributed by atoms with Crippen LogP contribution < -0.4 is 0 Å². The summed E-state index contributed by atoms with van der Waals surface area (Å²) in [6.45, 7) is 5.21. The van der Waals surface area contributed by atoms with Crippen LogP contribution in [0.5, 0.6) is 0 Å². The van der Waals surface area contributed by atoms with Gasteiger partial charge in [-0.3, -0.25) is 0 Å². The number of oxime groups is 1. The first-order valence-electron chi connectivity index (χ1n) is 5.85. The van der Waals surface area contributed by atoms with Crippen molar-refractivity contribution in [1.29, 1.82) is 0 Å². The lowest BCUT2D eigenvalue weighted by Gasteiger charge is -2.14. The number of hydrogen-bond donors (Lipinski definition) is 0. The van der Waals surface area contributed by atoms with Crippen LogP contribution in [0.4, 0.5) is 13.2 Å². The summed E-state index contributed by atoms with van der Waals surface area (Å²) < 4.78 is 38.8. The zero-order valence-corrected chi connectivity index (χ0v) is 11.6. The van der Waals surface area contributed by atoms with Crippen molar-refractivity contribution in [3.05, 3.63) is 34.3 Å². The molecule has 0 spiro atoms. The average Bonchev–Trinajstić information content (AvgIpc) is 2.27. The van der Waals surface area contributed by atoms with Gasteiger partial charge in [-0.25, -0.2) is 0 Å². The van der Waals surface area contributed by atoms with Crippen LogP contribution >= 0.6 is 11.6 Å². The average molecular weight is 294 g/mol. The van der Waals surface area contributed by atoms with Gasteiger partial charge in [0.1, 0.15) is 6.10 Å². The summed E-state index contributed by atoms with van der Waals surface area (Å²) in [5.74, 6) is 0. The SMILES string of the molecule is CCC(=NOC(C)C)c1cc(Cl)ccc1C(F)(F)F. The van der Waals surface area contributed by atoms with Gasteiger partial charge < -0.3 is 4.84 Å². The first-order valence-corrected chi connectivity index (χ1v) is 6.23. The van der Waals surface area contributed by atoms with Gasteiger partial charge in [-0.05, 0) is 38.5 Å². The molecule has 0 aliphatic carbocycles. The van der Waals surface area contributed by atoms with E-state index in [1.54, 1.807) is 20.8 Å². The molecule has 0 bridgehead atoms. The summed E-state index contributed by atoms with van der Waals surface area (Å²) in [6.07, 6.45) is -4.33. The van der Waals surface area contributed by atoms with Crippen molar-refractivity contribution in [1.82, 2.24) is 0 Å². The van der Waals surface area contributed by atoms with Crippen LogP contribution in [-0.2, 0) is 11.0 Å². The summed E-state index contributed by atoms with van der Waals surface area (Å²) >= 11 is 5.77. The molecule has 1 aromatic rings. The van der Waals surface area contributed by atoms with Gasteiger partial charge in [0.15, 0.2) is 0 Å². The molecular formula is C13H15ClF3NO. The van der Waals surface area contributed by atoms with Gasteiger partial charge in [0, 0.05) is 10.6 Å². The second-order valence-electron chi connectivity index (χ2n) is 4.23. The third-order valence-electron chi connectivity index (χ3n) is 2.31. The Bertz CT molecular complexity index is 469. The summed E-state index contributed by atoms with van der Waals surface area (Å²) in [7, 11) is 0. The normalized spacial score (nSPS) is 12.9. The van der Waals surface area contributed by atoms with E-state index in [0.29, 0.717) is 6.42 Å². The van der Waals surface area contributed by atoms with E-state index in [9.17, 15) is 13.2 Å². The molecule has 0 heterocycles. The Morgan fingerprint density at radius 3 is 2.47 bits per heavy atom. The maximum Gasteiger partial charge on any atom is 0.417 e. The molecule has 0 radical (unpaired) electrons. The number of rotatable bonds is 4. The predicted octanol–water partition coefficient (Wildman–Crippen LogP) is 4.90. The Morgan fingerprint density at radius 2 is 2.00 bits per heavy atom. The Balaban J connectivity index is 3.29. The fourth-order valence-electron chi connectivity index (χ4n) is 1.48. The Kier molecular flexibility index (Phi) is 5.23. The molecular weight excluding hydrogens is 279 g/mol. The van der Waals surface area contributed by atoms with Crippen molar-refractivity contribution in [3.63, 3.8) is 0 Å². The number of benzene rings is 1. The standard InChI is InChI=1S/C13H15ClF3NO/c1-4-12(18-19-8(2)3)10-7-9(14)5-6-11(10)13(15,16)17/h5-8H,4H2,1-3H3. The minimum Gasteiger partial charge on any atom is -0.393 e. The molecule has 1 rings (SSSR count). The molecule has 0 saturated carbocycles. The Labute approximate surface area is 115 Å². The molecule has 106 valence electrons. The largest absolute Gasteiger partial charge is 0.417 e. The molecule has 2 nitrogen and oxygen atoms in total. The third kappa shape index (κ3) is 4.42. The fourth-order valence-corrected chi connectivity index (χ4v) is 1.65. The van der Waals surface area contributed by atoms with E-state index >= 15 is 0 Å². The zero-order chi connectivity index (χ0) is 14.6. The van der Waals surface area contributed by atoms with Gasteiger partial charge in [0.05, 0.1) is 11.3 Å². The molecule has 0 aromatic heterocycles. The van der Waals surface area contributed by atoms with E-state index in [1.165, 1.54) is 12.1 Å². The lowest BCUT2D eigenvalue weighted by atomic mass is 10.0. The quantitative estimate of drug-likeness (QED) is 0.571. The van der Waals surface area contributed by atoms with Gasteiger partial charge >= 0.3 is 6.18 Å². The predicted molar refractivity (Wildman–Crippen MR) is 69.5 cm³/mol. The molecule has 0 fully saturated rings. The van der Waals surface area contributed by atoms with E-state index < -0.39 is 11.7 Å². The monoisotopic (exact) mass is 293 g/mol. The highest BCUT2D eigenvalue weighted by Crippen LogP contribution is 2.34. The highest BCUT2D eigenvalue weighted by atomic mass is 35.5. The maximum atomic E-state index is 12.9. The highest BCUT2D eigenvalue weighted by molar-refractivity contribution is 6.31. The lowest BCUT2D eigenvalue weighted by Crippen LogP contribution is -2.14. The summed E-state index contributed by atoms with van der Waals surface area (Å²) in [6, 6.07) is 3.43. The molecule has 0 aliphatic rings. The van der Waals surface area contributed by atoms with Gasteiger partial charge in [-0.15, -0.1) is 0 Å². The van der Waals surface area contributed by atoms with E-state index in [1.807, 2.05) is 0 Å². The third-order valence-corrected chi connectivity index (χ3v) is 2.54. The first-order chi connectivity index (χ1) is 8.75. The maximum absolute atomic E-state index is 12.9. The van der Waals surface area contributed by atoms with Gasteiger partial charge in [0.25, 0.3) is 0 Å². The second-order valence-corrected chi connectivity index (χ2v) is 4.67. The smallest absolute Gasteiger partial charge is 0.393 e. The topological polar surface area (TPSA) is 21.6 Å². The first kappa shape index (κ1) is 15.8. The van der Waals surface area contributed by atoms with Crippen LogP contribution in [0, 0.1) is 0 Å². The molecule has 6 heteroatoms. The van der Waals surface area contributed by atoms with Crippen molar-refractivity contribution < 1.29 is 18.0 Å². The molecule has 0 saturated heterocycles. The molecule has 0 amide bonds. The van der Waals surface area contributed by atoms with E-state index in [2.05, 4.69) is 5.16 Å². The summed E-state index contributed by atoms with van der Waals surface area (Å²) in [4.78, 5) is 5.03. The van der Waals surface area contributed by atoms with Crippen LogP contribution in [0.15, 0.2) is 23.4 Å². The minimum absolute atomic E-state index is 0.0387. The second kappa shape index (κ2) is 6.28. The van der Waals surface area contributed by atoms with Gasteiger partial charge in [-0.1, -0.05) is 23.7 Å². The van der Waals surface area contributed by atoms with E-state index in [4.69, 9.17) is 16.4 Å². The van der Waals surface area contributed by atoms with Crippen LogP contribution in [0.2, 0.25) is 5.02 Å². The molecule has 0 atom stereocenters. The van der Waals surface area contributed by atoms with Crippen LogP contribution in [0.1, 0.15) is 38.3 Å². The molecule has 1 aromatic carbocycles. The number of nitrogens with zero attached hydrogens (tertiary/aromatic N) is 1. The van der Waals surface area contributed by atoms with Crippen molar-refractivity contribution in [2.24, 2.45) is 5.16 Å². The van der Waals surface area contributed by atoms with Crippen molar-refractivity contribution in [3.8, 4) is 0 Å². The van der Waals surface area contributed by atoms with Crippen molar-refractivity contribution in [2.45, 2.75) is 39.5 Å². The zero-order valence-electron chi connectivity index (χ0n) is 10.9. The summed E-state index contributed by atoms with van der Waals surface area (Å²) in [5.41, 5.74) is -0.573. The van der Waals surface area contributed by atoms with Crippen LogP contribution in [0.25, 0.3) is 0 Å². The Hall–Kier alpha value is -1.23. The molecule has 0 unspecified atom stereocenters. The molecule has 19 heavy (non-hydrogen) atoms. The fraction of sp³-hybridized carbons (Fsp3) is 0.462. The lowest BCUT2D eigenvalue weighted by molar-refractivity contribution is -0.137. The molecule has 0 N–H and O–H groups in total. The van der Waals surface area contributed by atoms with Crippen LogP contribution in [0.3, 0.4) is 0 Å².